The molecule has 0 saturated carbocycles. The molecule has 0 spiro atoms. The highest BCUT2D eigenvalue weighted by Gasteiger charge is 2.20. The first-order valence-electron chi connectivity index (χ1n) is 19.6. The Hall–Kier alpha value is -1.14. The molecule has 266 valence electrons. The van der Waals surface area contributed by atoms with Gasteiger partial charge in [-0.3, -0.25) is 4.79 Å². The number of carbonyl (C=O) groups is 2. The molecule has 2 atom stereocenters. The van der Waals surface area contributed by atoms with Crippen LogP contribution in [0, 0.1) is 5.92 Å². The van der Waals surface area contributed by atoms with Crippen molar-refractivity contribution < 1.29 is 23.8 Å². The van der Waals surface area contributed by atoms with Crippen molar-refractivity contribution in [2.75, 3.05) is 33.4 Å². The fraction of sp³-hybridized carbons (Fsp3) is 0.949. The van der Waals surface area contributed by atoms with Gasteiger partial charge < -0.3 is 19.1 Å². The molecule has 0 aromatic heterocycles. The van der Waals surface area contributed by atoms with Crippen LogP contribution < -0.4 is 0 Å². The van der Waals surface area contributed by atoms with Gasteiger partial charge in [-0.2, -0.15) is 0 Å². The minimum absolute atomic E-state index is 0.0109. The van der Waals surface area contributed by atoms with Crippen LogP contribution in [0.4, 0.5) is 0 Å². The van der Waals surface area contributed by atoms with Crippen LogP contribution in [0.3, 0.4) is 0 Å². The van der Waals surface area contributed by atoms with Crippen LogP contribution in [0.1, 0.15) is 188 Å². The van der Waals surface area contributed by atoms with Crippen molar-refractivity contribution >= 4 is 11.9 Å². The van der Waals surface area contributed by atoms with Gasteiger partial charge in [-0.25, -0.2) is 4.79 Å². The molecule has 1 saturated heterocycles. The number of ether oxygens (including phenoxy) is 3. The van der Waals surface area contributed by atoms with Crippen LogP contribution >= 0.6 is 0 Å². The van der Waals surface area contributed by atoms with Crippen molar-refractivity contribution in [2.24, 2.45) is 5.92 Å². The summed E-state index contributed by atoms with van der Waals surface area (Å²) in [6, 6.07) is 0. The number of likely N-dealkylation sites (tertiary alicyclic amines) is 1. The summed E-state index contributed by atoms with van der Waals surface area (Å²) < 4.78 is 17.5. The van der Waals surface area contributed by atoms with E-state index in [4.69, 9.17) is 14.2 Å². The number of unbranched alkanes of at least 4 members (excludes halogenated alkanes) is 15. The van der Waals surface area contributed by atoms with Crippen molar-refractivity contribution in [1.82, 2.24) is 4.90 Å². The van der Waals surface area contributed by atoms with Crippen molar-refractivity contribution in [3.63, 3.8) is 0 Å². The fourth-order valence-electron chi connectivity index (χ4n) is 6.44. The summed E-state index contributed by atoms with van der Waals surface area (Å²) in [6.07, 6.45) is 30.0. The lowest BCUT2D eigenvalue weighted by atomic mass is 9.96. The van der Waals surface area contributed by atoms with E-state index in [0.29, 0.717) is 18.9 Å². The molecule has 0 amide bonds. The summed E-state index contributed by atoms with van der Waals surface area (Å²) in [7, 11) is 2.14. The van der Waals surface area contributed by atoms with Gasteiger partial charge in [0.05, 0.1) is 12.7 Å². The molecule has 0 N–H and O–H groups in total. The summed E-state index contributed by atoms with van der Waals surface area (Å²) in [5.74, 6) is 0.327. The Bertz CT molecular complexity index is 678. The van der Waals surface area contributed by atoms with Gasteiger partial charge in [0.25, 0.3) is 0 Å². The maximum absolute atomic E-state index is 12.6. The van der Waals surface area contributed by atoms with Crippen LogP contribution in [0.2, 0.25) is 0 Å². The lowest BCUT2D eigenvalue weighted by Gasteiger charge is -2.28. The van der Waals surface area contributed by atoms with E-state index in [1.807, 2.05) is 0 Å². The smallest absolute Gasteiger partial charge is 0.332 e. The number of hydrogen-bond donors (Lipinski definition) is 0. The predicted molar refractivity (Wildman–Crippen MR) is 189 cm³/mol. The molecule has 1 rings (SSSR count). The third kappa shape index (κ3) is 25.6. The van der Waals surface area contributed by atoms with Gasteiger partial charge in [0, 0.05) is 19.5 Å². The van der Waals surface area contributed by atoms with E-state index < -0.39 is 0 Å². The van der Waals surface area contributed by atoms with E-state index in [1.165, 1.54) is 96.3 Å². The molecule has 0 aromatic rings. The van der Waals surface area contributed by atoms with E-state index in [-0.39, 0.29) is 30.8 Å². The number of carbonyl (C=O) groups excluding carboxylic acids is 2. The van der Waals surface area contributed by atoms with E-state index in [0.717, 1.165) is 77.3 Å². The highest BCUT2D eigenvalue weighted by atomic mass is 16.6. The Labute approximate surface area is 279 Å². The molecule has 0 bridgehead atoms. The zero-order chi connectivity index (χ0) is 32.8. The van der Waals surface area contributed by atoms with Gasteiger partial charge in [-0.15, -0.1) is 0 Å². The molecule has 1 aliphatic rings. The molecule has 0 aromatic carbocycles. The molecule has 6 heteroatoms. The zero-order valence-corrected chi connectivity index (χ0v) is 30.4. The van der Waals surface area contributed by atoms with Gasteiger partial charge in [0.2, 0.25) is 0 Å². The summed E-state index contributed by atoms with van der Waals surface area (Å²) in [6.45, 7) is 9.50. The van der Waals surface area contributed by atoms with Crippen LogP contribution in [-0.4, -0.2) is 62.4 Å². The Morgan fingerprint density at radius 3 is 1.71 bits per heavy atom. The average Bonchev–Trinajstić information content (AvgIpc) is 3.04. The van der Waals surface area contributed by atoms with Crippen molar-refractivity contribution in [2.45, 2.75) is 200 Å². The Morgan fingerprint density at radius 1 is 0.622 bits per heavy atom. The van der Waals surface area contributed by atoms with Gasteiger partial charge in [-0.1, -0.05) is 124 Å². The normalized spacial score (nSPS) is 15.6. The van der Waals surface area contributed by atoms with Gasteiger partial charge >= 0.3 is 11.9 Å². The molecule has 1 heterocycles. The van der Waals surface area contributed by atoms with Gasteiger partial charge in [0.15, 0.2) is 0 Å². The molecule has 1 aliphatic heterocycles. The minimum Gasteiger partial charge on any atom is -0.465 e. The minimum atomic E-state index is -0.193. The first-order valence-corrected chi connectivity index (χ1v) is 19.6. The first-order chi connectivity index (χ1) is 22.0. The molecule has 1 fully saturated rings. The molecular formula is C39H75NO5. The van der Waals surface area contributed by atoms with Crippen LogP contribution in [0.5, 0.6) is 0 Å². The van der Waals surface area contributed by atoms with E-state index in [2.05, 4.69) is 32.7 Å². The summed E-state index contributed by atoms with van der Waals surface area (Å²) in [5.41, 5.74) is 0. The maximum atomic E-state index is 12.6. The standard InChI is InChI=1S/C39H75NO5/c1-5-8-11-13-14-17-21-26-37(45-39(42)34-43-36-29-31-40(4)32-30-36)27-22-18-15-16-19-23-28-38(41)44-33-35(24-10-7-3)25-20-12-9-6-2/h35-37H,5-34H2,1-4H3. The van der Waals surface area contributed by atoms with E-state index >= 15 is 0 Å². The molecule has 2 unspecified atom stereocenters. The third-order valence-electron chi connectivity index (χ3n) is 9.60. The molecule has 0 radical (unpaired) electrons. The third-order valence-corrected chi connectivity index (χ3v) is 9.60. The monoisotopic (exact) mass is 638 g/mol. The summed E-state index contributed by atoms with van der Waals surface area (Å²) >= 11 is 0. The van der Waals surface area contributed by atoms with Crippen LogP contribution in [0.15, 0.2) is 0 Å². The van der Waals surface area contributed by atoms with E-state index in [1.54, 1.807) is 0 Å². The zero-order valence-electron chi connectivity index (χ0n) is 30.4. The molecule has 0 aliphatic carbocycles. The number of nitrogens with zero attached hydrogens (tertiary/aromatic N) is 1. The quantitative estimate of drug-likeness (QED) is 0.0557. The second-order valence-corrected chi connectivity index (χ2v) is 14.0. The summed E-state index contributed by atoms with van der Waals surface area (Å²) in [4.78, 5) is 27.3. The second-order valence-electron chi connectivity index (χ2n) is 14.0. The van der Waals surface area contributed by atoms with E-state index in [9.17, 15) is 9.59 Å². The highest BCUT2D eigenvalue weighted by Crippen LogP contribution is 2.20. The van der Waals surface area contributed by atoms with Crippen molar-refractivity contribution in [1.29, 1.82) is 0 Å². The average molecular weight is 638 g/mol. The lowest BCUT2D eigenvalue weighted by Crippen LogP contribution is -2.35. The topological polar surface area (TPSA) is 65.1 Å². The SMILES string of the molecule is CCCCCCCCCC(CCCCCCCCC(=O)OCC(CCCC)CCCCCC)OC(=O)COC1CCN(C)CC1. The van der Waals surface area contributed by atoms with Gasteiger partial charge in [0.1, 0.15) is 12.7 Å². The summed E-state index contributed by atoms with van der Waals surface area (Å²) in [5, 5.41) is 0. The first kappa shape index (κ1) is 41.9. The van der Waals surface area contributed by atoms with Crippen LogP contribution in [-0.2, 0) is 23.8 Å². The number of hydrogen-bond acceptors (Lipinski definition) is 6. The number of esters is 2. The fourth-order valence-corrected chi connectivity index (χ4v) is 6.44. The van der Waals surface area contributed by atoms with Crippen molar-refractivity contribution in [3.8, 4) is 0 Å². The van der Waals surface area contributed by atoms with Crippen LogP contribution in [0.25, 0.3) is 0 Å². The Morgan fingerprint density at radius 2 is 1.11 bits per heavy atom. The molecule has 6 nitrogen and oxygen atoms in total. The second kappa shape index (κ2) is 30.2. The molecular weight excluding hydrogens is 562 g/mol. The van der Waals surface area contributed by atoms with Crippen molar-refractivity contribution in [3.05, 3.63) is 0 Å². The largest absolute Gasteiger partial charge is 0.465 e. The Balaban J connectivity index is 2.23. The maximum Gasteiger partial charge on any atom is 0.332 e. The Kier molecular flexibility index (Phi) is 28.1. The number of rotatable bonds is 31. The number of piperidine rings is 1. The highest BCUT2D eigenvalue weighted by molar-refractivity contribution is 5.71. The molecule has 45 heavy (non-hydrogen) atoms. The predicted octanol–water partition coefficient (Wildman–Crippen LogP) is 10.6. The van der Waals surface area contributed by atoms with Gasteiger partial charge in [-0.05, 0) is 70.8 Å². The lowest BCUT2D eigenvalue weighted by molar-refractivity contribution is -0.158.